The Balaban J connectivity index is 1.87. The predicted octanol–water partition coefficient (Wildman–Crippen LogP) is 3.76. The van der Waals surface area contributed by atoms with Crippen LogP contribution in [0.2, 0.25) is 0 Å². The van der Waals surface area contributed by atoms with Crippen molar-refractivity contribution in [1.29, 1.82) is 0 Å². The average molecular weight is 406 g/mol. The van der Waals surface area contributed by atoms with E-state index in [9.17, 15) is 9.59 Å². The fourth-order valence-corrected chi connectivity index (χ4v) is 3.37. The molecule has 0 saturated heterocycles. The van der Waals surface area contributed by atoms with Gasteiger partial charge >= 0.3 is 0 Å². The number of hydrogen-bond acceptors (Lipinski definition) is 5. The van der Waals surface area contributed by atoms with Crippen LogP contribution in [0.15, 0.2) is 53.3 Å². The number of aliphatic imine (C=N–C) groups is 1. The maximum Gasteiger partial charge on any atom is 0.255 e. The van der Waals surface area contributed by atoms with E-state index in [0.29, 0.717) is 41.4 Å². The molecule has 0 aliphatic carbocycles. The molecule has 0 fully saturated rings. The molecule has 1 aliphatic rings. The lowest BCUT2D eigenvalue weighted by molar-refractivity contribution is -0.127. The first-order valence-electron chi connectivity index (χ1n) is 10.2. The van der Waals surface area contributed by atoms with Crippen molar-refractivity contribution < 1.29 is 9.59 Å². The summed E-state index contributed by atoms with van der Waals surface area (Å²) >= 11 is 0. The summed E-state index contributed by atoms with van der Waals surface area (Å²) in [6, 6.07) is 8.66. The first kappa shape index (κ1) is 21.2. The zero-order chi connectivity index (χ0) is 21.5. The Morgan fingerprint density at radius 3 is 2.47 bits per heavy atom. The summed E-state index contributed by atoms with van der Waals surface area (Å²) < 4.78 is 0. The Morgan fingerprint density at radius 2 is 1.80 bits per heavy atom. The van der Waals surface area contributed by atoms with Crippen LogP contribution in [-0.4, -0.2) is 40.6 Å². The van der Waals surface area contributed by atoms with Gasteiger partial charge in [0.15, 0.2) is 0 Å². The average Bonchev–Trinajstić information content (AvgIpc) is 2.91. The van der Waals surface area contributed by atoms with Gasteiger partial charge in [-0.25, -0.2) is 4.99 Å². The van der Waals surface area contributed by atoms with Crippen molar-refractivity contribution in [2.24, 2.45) is 10.7 Å². The fraction of sp³-hybridized carbons (Fsp3) is 0.304. The van der Waals surface area contributed by atoms with Crippen LogP contribution in [0.25, 0.3) is 6.08 Å². The van der Waals surface area contributed by atoms with Crippen LogP contribution in [0.4, 0.5) is 11.4 Å². The molecule has 2 aromatic rings. The number of carbonyl (C=O) groups is 2. The van der Waals surface area contributed by atoms with Crippen LogP contribution >= 0.6 is 0 Å². The molecule has 0 saturated carbocycles. The Labute approximate surface area is 176 Å². The standard InChI is InChI=1S/C23H27N5O2/c1-3-11-28(12-4-2)23(30)18-13-16-5-6-17(14-20(16)27-21(24)15-18)22(29)26-19-7-9-25-10-8-19/h5-10,13-14H,3-4,11-12,15H2,1-2H3,(H2,24,27)(H,25,26,29). The highest BCUT2D eigenvalue weighted by atomic mass is 16.2. The van der Waals surface area contributed by atoms with Gasteiger partial charge in [0.1, 0.15) is 5.84 Å². The van der Waals surface area contributed by atoms with Gasteiger partial charge in [-0.05, 0) is 43.2 Å². The summed E-state index contributed by atoms with van der Waals surface area (Å²) in [6.07, 6.45) is 7.15. The lowest BCUT2D eigenvalue weighted by Gasteiger charge is -2.22. The van der Waals surface area contributed by atoms with Crippen molar-refractivity contribution in [3.8, 4) is 0 Å². The van der Waals surface area contributed by atoms with Crippen LogP contribution in [-0.2, 0) is 4.79 Å². The third-order valence-corrected chi connectivity index (χ3v) is 4.75. The fourth-order valence-electron chi connectivity index (χ4n) is 3.37. The molecule has 1 aromatic carbocycles. The number of aromatic nitrogens is 1. The second-order valence-electron chi connectivity index (χ2n) is 7.21. The highest BCUT2D eigenvalue weighted by Crippen LogP contribution is 2.28. The SMILES string of the molecule is CCCN(CCC)C(=O)C1=Cc2ccc(C(=O)Nc3ccncc3)cc2N=C(N)C1. The predicted molar refractivity (Wildman–Crippen MR) is 120 cm³/mol. The van der Waals surface area contributed by atoms with E-state index in [4.69, 9.17) is 5.73 Å². The molecule has 0 unspecified atom stereocenters. The molecule has 3 N–H and O–H groups in total. The van der Waals surface area contributed by atoms with E-state index in [1.165, 1.54) is 0 Å². The number of nitrogens with two attached hydrogens (primary N) is 1. The van der Waals surface area contributed by atoms with Crippen LogP contribution in [0.5, 0.6) is 0 Å². The second kappa shape index (κ2) is 9.82. The molecule has 0 spiro atoms. The molecule has 0 radical (unpaired) electrons. The highest BCUT2D eigenvalue weighted by Gasteiger charge is 2.21. The number of amidine groups is 1. The van der Waals surface area contributed by atoms with E-state index in [1.54, 1.807) is 42.7 Å². The van der Waals surface area contributed by atoms with E-state index < -0.39 is 0 Å². The van der Waals surface area contributed by atoms with E-state index >= 15 is 0 Å². The number of hydrogen-bond donors (Lipinski definition) is 2. The number of nitrogens with zero attached hydrogens (tertiary/aromatic N) is 3. The largest absolute Gasteiger partial charge is 0.387 e. The lowest BCUT2D eigenvalue weighted by atomic mass is 10.0. The van der Waals surface area contributed by atoms with Gasteiger partial charge in [-0.3, -0.25) is 14.6 Å². The molecule has 1 aliphatic heterocycles. The topological polar surface area (TPSA) is 101 Å². The molecular weight excluding hydrogens is 378 g/mol. The molecular formula is C23H27N5O2. The summed E-state index contributed by atoms with van der Waals surface area (Å²) in [6.45, 7) is 5.53. The van der Waals surface area contributed by atoms with Crippen molar-refractivity contribution in [1.82, 2.24) is 9.88 Å². The van der Waals surface area contributed by atoms with Crippen molar-refractivity contribution in [3.05, 3.63) is 59.4 Å². The Hall–Kier alpha value is -3.48. The summed E-state index contributed by atoms with van der Waals surface area (Å²) in [5.74, 6) is 0.0940. The first-order chi connectivity index (χ1) is 14.5. The summed E-state index contributed by atoms with van der Waals surface area (Å²) in [5.41, 5.74) is 9.19. The zero-order valence-electron chi connectivity index (χ0n) is 17.4. The molecule has 2 amide bonds. The van der Waals surface area contributed by atoms with Crippen LogP contribution < -0.4 is 11.1 Å². The summed E-state index contributed by atoms with van der Waals surface area (Å²) in [5, 5.41) is 2.83. The second-order valence-corrected chi connectivity index (χ2v) is 7.21. The van der Waals surface area contributed by atoms with Gasteiger partial charge < -0.3 is 16.0 Å². The van der Waals surface area contributed by atoms with Gasteiger partial charge in [0, 0.05) is 54.3 Å². The number of rotatable bonds is 7. The van der Waals surface area contributed by atoms with E-state index in [-0.39, 0.29) is 18.2 Å². The number of pyridine rings is 1. The van der Waals surface area contributed by atoms with E-state index in [2.05, 4.69) is 29.1 Å². The van der Waals surface area contributed by atoms with Gasteiger partial charge in [-0.15, -0.1) is 0 Å². The van der Waals surface area contributed by atoms with Crippen LogP contribution in [0, 0.1) is 0 Å². The third kappa shape index (κ3) is 5.11. The van der Waals surface area contributed by atoms with Gasteiger partial charge in [-0.2, -0.15) is 0 Å². The normalized spacial score (nSPS) is 12.9. The number of benzene rings is 1. The van der Waals surface area contributed by atoms with Crippen molar-refractivity contribution in [2.45, 2.75) is 33.1 Å². The smallest absolute Gasteiger partial charge is 0.255 e. The Bertz CT molecular complexity index is 976. The monoisotopic (exact) mass is 405 g/mol. The number of fused-ring (bicyclic) bond motifs is 1. The lowest BCUT2D eigenvalue weighted by Crippen LogP contribution is -2.34. The van der Waals surface area contributed by atoms with Crippen molar-refractivity contribution >= 4 is 35.1 Å². The minimum absolute atomic E-state index is 0.00999. The van der Waals surface area contributed by atoms with Crippen LogP contribution in [0.3, 0.4) is 0 Å². The molecule has 2 heterocycles. The van der Waals surface area contributed by atoms with Gasteiger partial charge in [0.25, 0.3) is 5.91 Å². The van der Waals surface area contributed by atoms with Gasteiger partial charge in [0.2, 0.25) is 5.91 Å². The van der Waals surface area contributed by atoms with E-state index in [0.717, 1.165) is 18.4 Å². The highest BCUT2D eigenvalue weighted by molar-refractivity contribution is 6.07. The number of anilines is 1. The number of amides is 2. The molecule has 3 rings (SSSR count). The van der Waals surface area contributed by atoms with Gasteiger partial charge in [-0.1, -0.05) is 19.9 Å². The molecule has 0 atom stereocenters. The maximum atomic E-state index is 13.0. The minimum Gasteiger partial charge on any atom is -0.387 e. The Morgan fingerprint density at radius 1 is 1.10 bits per heavy atom. The molecule has 1 aromatic heterocycles. The molecule has 0 bridgehead atoms. The summed E-state index contributed by atoms with van der Waals surface area (Å²) in [7, 11) is 0. The van der Waals surface area contributed by atoms with Crippen molar-refractivity contribution in [2.75, 3.05) is 18.4 Å². The molecule has 7 heteroatoms. The quantitative estimate of drug-likeness (QED) is 0.732. The number of carbonyl (C=O) groups excluding carboxylic acids is 2. The van der Waals surface area contributed by atoms with Crippen LogP contribution in [0.1, 0.15) is 49.0 Å². The molecule has 30 heavy (non-hydrogen) atoms. The molecule has 156 valence electrons. The first-order valence-corrected chi connectivity index (χ1v) is 10.2. The summed E-state index contributed by atoms with van der Waals surface area (Å²) in [4.78, 5) is 35.9. The zero-order valence-corrected chi connectivity index (χ0v) is 17.4. The molecule has 7 nitrogen and oxygen atoms in total. The van der Waals surface area contributed by atoms with Crippen molar-refractivity contribution in [3.63, 3.8) is 0 Å². The number of nitrogens with one attached hydrogen (secondary N) is 1. The maximum absolute atomic E-state index is 13.0. The Kier molecular flexibility index (Phi) is 6.95. The van der Waals surface area contributed by atoms with E-state index in [1.807, 2.05) is 11.0 Å². The third-order valence-electron chi connectivity index (χ3n) is 4.75. The van der Waals surface area contributed by atoms with Gasteiger partial charge in [0.05, 0.1) is 5.69 Å². The minimum atomic E-state index is -0.251.